The molecule has 0 saturated heterocycles. The number of oxazole rings is 1. The predicted molar refractivity (Wildman–Crippen MR) is 156 cm³/mol. The fourth-order valence-corrected chi connectivity index (χ4v) is 3.49. The number of hydrogen-bond acceptors (Lipinski definition) is 8. The number of amides is 1. The van der Waals surface area contributed by atoms with Crippen molar-refractivity contribution < 1.29 is 37.4 Å². The number of halogens is 4. The number of hydrogen-bond donors (Lipinski definition) is 3. The van der Waals surface area contributed by atoms with Crippen molar-refractivity contribution >= 4 is 36.7 Å². The van der Waals surface area contributed by atoms with Crippen molar-refractivity contribution in [2.24, 2.45) is 11.7 Å². The van der Waals surface area contributed by atoms with Crippen LogP contribution in [0.4, 0.5) is 8.78 Å². The van der Waals surface area contributed by atoms with Crippen molar-refractivity contribution in [2.45, 2.75) is 65.1 Å². The molecular formula is C28H36Cl2F2N4O6. The molecule has 14 heteroatoms. The van der Waals surface area contributed by atoms with Crippen LogP contribution in [0.1, 0.15) is 73.9 Å². The first-order chi connectivity index (χ1) is 19.2. The van der Waals surface area contributed by atoms with E-state index < -0.39 is 18.6 Å². The minimum Gasteiger partial charge on any atom is -0.489 e. The quantitative estimate of drug-likeness (QED) is 0.201. The van der Waals surface area contributed by atoms with Gasteiger partial charge in [0.25, 0.3) is 5.91 Å². The number of nitrogens with one attached hydrogen (secondary N) is 1. The predicted octanol–water partition coefficient (Wildman–Crippen LogP) is 6.18. The Bertz CT molecular complexity index is 1260. The number of aliphatic carboxylic acids is 1. The lowest BCUT2D eigenvalue weighted by molar-refractivity contribution is -0.137. The summed E-state index contributed by atoms with van der Waals surface area (Å²) in [4.78, 5) is 30.6. The van der Waals surface area contributed by atoms with Crippen molar-refractivity contribution in [3.8, 4) is 23.0 Å². The molecule has 1 fully saturated rings. The van der Waals surface area contributed by atoms with Gasteiger partial charge in [-0.15, -0.1) is 24.8 Å². The zero-order chi connectivity index (χ0) is 29.1. The number of nitrogens with zero attached hydrogens (tertiary/aromatic N) is 2. The second kappa shape index (κ2) is 18.1. The van der Waals surface area contributed by atoms with Gasteiger partial charge in [0.1, 0.15) is 17.1 Å². The fourth-order valence-electron chi connectivity index (χ4n) is 3.49. The van der Waals surface area contributed by atoms with Gasteiger partial charge in [-0.3, -0.25) is 14.6 Å². The minimum absolute atomic E-state index is 0. The molecule has 1 aromatic carbocycles. The van der Waals surface area contributed by atoms with E-state index in [2.05, 4.69) is 20.0 Å². The Morgan fingerprint density at radius 3 is 2.48 bits per heavy atom. The lowest BCUT2D eigenvalue weighted by Gasteiger charge is -2.12. The average Bonchev–Trinajstić information content (AvgIpc) is 3.66. The van der Waals surface area contributed by atoms with Crippen LogP contribution in [0.25, 0.3) is 11.5 Å². The number of unbranched alkanes of at least 4 members (excludes halogenated alkanes) is 1. The lowest BCUT2D eigenvalue weighted by Crippen LogP contribution is -2.24. The summed E-state index contributed by atoms with van der Waals surface area (Å²) in [6.07, 6.45) is 5.71. The SMILES string of the molecule is CCCCC(=O)O.C[C@H](N)c1oc(-c2ccc(OC(F)F)c(OCC3CC3)c2)nc1CNC(=O)c1ccccn1.Cl.Cl. The number of pyridine rings is 1. The number of carbonyl (C=O) groups is 2. The molecule has 0 aliphatic heterocycles. The smallest absolute Gasteiger partial charge is 0.387 e. The van der Waals surface area contributed by atoms with E-state index in [0.717, 1.165) is 25.7 Å². The van der Waals surface area contributed by atoms with E-state index in [1.165, 1.54) is 12.3 Å². The van der Waals surface area contributed by atoms with Gasteiger partial charge in [-0.1, -0.05) is 19.4 Å². The van der Waals surface area contributed by atoms with E-state index in [-0.39, 0.29) is 60.3 Å². The molecule has 1 saturated carbocycles. The van der Waals surface area contributed by atoms with Crippen LogP contribution in [-0.2, 0) is 11.3 Å². The zero-order valence-corrected chi connectivity index (χ0v) is 24.9. The number of rotatable bonds is 13. The Morgan fingerprint density at radius 1 is 1.19 bits per heavy atom. The highest BCUT2D eigenvalue weighted by atomic mass is 35.5. The highest BCUT2D eigenvalue weighted by Crippen LogP contribution is 2.37. The number of nitrogens with two attached hydrogens (primary N) is 1. The largest absolute Gasteiger partial charge is 0.489 e. The van der Waals surface area contributed by atoms with Gasteiger partial charge in [0.05, 0.1) is 19.2 Å². The molecule has 2 heterocycles. The number of carboxylic acids is 1. The topological polar surface area (TPSA) is 150 Å². The molecule has 0 spiro atoms. The third-order valence-electron chi connectivity index (χ3n) is 5.78. The molecule has 1 aliphatic rings. The van der Waals surface area contributed by atoms with Crippen molar-refractivity contribution in [3.05, 3.63) is 59.7 Å². The van der Waals surface area contributed by atoms with Crippen LogP contribution in [0.5, 0.6) is 11.5 Å². The van der Waals surface area contributed by atoms with Gasteiger partial charge in [-0.25, -0.2) is 4.98 Å². The molecule has 0 radical (unpaired) electrons. The van der Waals surface area contributed by atoms with Crippen molar-refractivity contribution in [1.82, 2.24) is 15.3 Å². The summed E-state index contributed by atoms with van der Waals surface area (Å²) >= 11 is 0. The fraction of sp³-hybridized carbons (Fsp3) is 0.429. The van der Waals surface area contributed by atoms with E-state index in [0.29, 0.717) is 36.0 Å². The van der Waals surface area contributed by atoms with Gasteiger partial charge >= 0.3 is 12.6 Å². The number of alkyl halides is 2. The minimum atomic E-state index is -2.97. The van der Waals surface area contributed by atoms with Gasteiger partial charge in [0.15, 0.2) is 11.5 Å². The van der Waals surface area contributed by atoms with Crippen LogP contribution < -0.4 is 20.5 Å². The number of ether oxygens (including phenoxy) is 2. The number of aromatic nitrogens is 2. The molecular weight excluding hydrogens is 597 g/mol. The van der Waals surface area contributed by atoms with Gasteiger partial charge in [0.2, 0.25) is 5.89 Å². The first-order valence-electron chi connectivity index (χ1n) is 13.1. The van der Waals surface area contributed by atoms with Crippen LogP contribution in [0.3, 0.4) is 0 Å². The monoisotopic (exact) mass is 632 g/mol. The Balaban J connectivity index is 0.000000876. The van der Waals surface area contributed by atoms with Gasteiger partial charge in [-0.2, -0.15) is 8.78 Å². The number of carboxylic acid groups (broad SMARTS) is 1. The van der Waals surface area contributed by atoms with E-state index >= 15 is 0 Å². The van der Waals surface area contributed by atoms with Crippen molar-refractivity contribution in [1.29, 1.82) is 0 Å². The van der Waals surface area contributed by atoms with Gasteiger partial charge in [-0.05, 0) is 62.4 Å². The maximum absolute atomic E-state index is 12.8. The summed E-state index contributed by atoms with van der Waals surface area (Å²) in [6.45, 7) is 1.23. The molecule has 0 bridgehead atoms. The third kappa shape index (κ3) is 11.8. The van der Waals surface area contributed by atoms with Crippen molar-refractivity contribution in [3.63, 3.8) is 0 Å². The molecule has 2 aromatic heterocycles. The summed E-state index contributed by atoms with van der Waals surface area (Å²) in [7, 11) is 0. The number of carbonyl (C=O) groups excluding carboxylic acids is 1. The standard InChI is InChI=1S/C23H24F2N4O4.C5H10O2.2ClH/c1-13(26)20-17(11-28-21(30)16-4-2-3-9-27-16)29-22(33-20)15-7-8-18(32-23(24)25)19(10-15)31-12-14-5-6-14;1-2-3-4-5(6)7;;/h2-4,7-10,13-14,23H,5-6,11-12,26H2,1H3,(H,28,30);2-4H2,1H3,(H,6,7);2*1H/t13-;;;/m0.../s1. The van der Waals surface area contributed by atoms with Crippen LogP contribution in [0, 0.1) is 5.92 Å². The second-order valence-corrected chi connectivity index (χ2v) is 9.31. The average molecular weight is 634 g/mol. The molecule has 10 nitrogen and oxygen atoms in total. The zero-order valence-electron chi connectivity index (χ0n) is 23.3. The van der Waals surface area contributed by atoms with Crippen LogP contribution in [-0.4, -0.2) is 40.2 Å². The van der Waals surface area contributed by atoms with Crippen molar-refractivity contribution in [2.75, 3.05) is 6.61 Å². The Kier molecular flexibility index (Phi) is 15.8. The third-order valence-corrected chi connectivity index (χ3v) is 5.78. The molecule has 1 amide bonds. The highest BCUT2D eigenvalue weighted by molar-refractivity contribution is 5.92. The van der Waals surface area contributed by atoms with Gasteiger partial charge in [0, 0.05) is 18.2 Å². The van der Waals surface area contributed by atoms with E-state index in [1.807, 2.05) is 6.92 Å². The van der Waals surface area contributed by atoms with Crippen LogP contribution >= 0.6 is 24.8 Å². The molecule has 42 heavy (non-hydrogen) atoms. The molecule has 4 rings (SSSR count). The van der Waals surface area contributed by atoms with E-state index in [4.69, 9.17) is 20.0 Å². The van der Waals surface area contributed by atoms with Crippen LogP contribution in [0.2, 0.25) is 0 Å². The second-order valence-electron chi connectivity index (χ2n) is 9.31. The highest BCUT2D eigenvalue weighted by Gasteiger charge is 2.24. The summed E-state index contributed by atoms with van der Waals surface area (Å²) < 4.78 is 41.8. The Hall–Kier alpha value is -3.48. The number of benzene rings is 1. The normalized spacial score (nSPS) is 12.6. The molecule has 1 atom stereocenters. The lowest BCUT2D eigenvalue weighted by atomic mass is 10.2. The first kappa shape index (κ1) is 36.5. The van der Waals surface area contributed by atoms with Crippen LogP contribution in [0.15, 0.2) is 47.0 Å². The summed E-state index contributed by atoms with van der Waals surface area (Å²) in [5.41, 5.74) is 7.27. The molecule has 3 aromatic rings. The first-order valence-corrected chi connectivity index (χ1v) is 13.1. The Morgan fingerprint density at radius 2 is 1.93 bits per heavy atom. The molecule has 0 unspecified atom stereocenters. The molecule has 232 valence electrons. The summed E-state index contributed by atoms with van der Waals surface area (Å²) in [5, 5.41) is 10.8. The maximum atomic E-state index is 12.8. The summed E-state index contributed by atoms with van der Waals surface area (Å²) in [5.74, 6) is 0.126. The maximum Gasteiger partial charge on any atom is 0.387 e. The van der Waals surface area contributed by atoms with E-state index in [9.17, 15) is 18.4 Å². The summed E-state index contributed by atoms with van der Waals surface area (Å²) in [6, 6.07) is 9.04. The Labute approximate surface area is 255 Å². The van der Waals surface area contributed by atoms with E-state index in [1.54, 1.807) is 37.3 Å². The molecule has 4 N–H and O–H groups in total. The van der Waals surface area contributed by atoms with Gasteiger partial charge < -0.3 is 30.0 Å². The molecule has 1 aliphatic carbocycles.